The lowest BCUT2D eigenvalue weighted by Gasteiger charge is -1.94. The molecule has 0 aliphatic carbocycles. The second kappa shape index (κ2) is 4.64. The van der Waals surface area contributed by atoms with Crippen LogP contribution in [-0.4, -0.2) is 0 Å². The van der Waals surface area contributed by atoms with E-state index in [2.05, 4.69) is 58.4 Å². The normalized spacial score (nSPS) is 12.0. The van der Waals surface area contributed by atoms with Crippen LogP contribution in [0.1, 0.15) is 0 Å². The monoisotopic (exact) mass is 406 g/mol. The van der Waals surface area contributed by atoms with Gasteiger partial charge in [0, 0.05) is 15.6 Å². The van der Waals surface area contributed by atoms with Gasteiger partial charge in [-0.05, 0) is 33.6 Å². The van der Waals surface area contributed by atoms with E-state index in [-0.39, 0.29) is 0 Å². The summed E-state index contributed by atoms with van der Waals surface area (Å²) in [5.74, 6) is 0. The van der Waals surface area contributed by atoms with Gasteiger partial charge in [0.05, 0.1) is 21.2 Å². The molecule has 21 heavy (non-hydrogen) atoms. The van der Waals surface area contributed by atoms with Crippen molar-refractivity contribution in [2.45, 2.75) is 0 Å². The fourth-order valence-corrected chi connectivity index (χ4v) is 8.87. The van der Waals surface area contributed by atoms with Crippen LogP contribution in [0.2, 0.25) is 0 Å². The molecule has 0 fully saturated rings. The number of halogens is 1. The van der Waals surface area contributed by atoms with Crippen LogP contribution in [0, 0.1) is 0 Å². The Hall–Kier alpha value is -0.720. The van der Waals surface area contributed by atoms with Gasteiger partial charge < -0.3 is 0 Å². The first-order chi connectivity index (χ1) is 10.3. The fraction of sp³-hybridized carbons (Fsp3) is 0. The molecule has 0 radical (unpaired) electrons. The van der Waals surface area contributed by atoms with E-state index in [1.807, 2.05) is 45.3 Å². The van der Waals surface area contributed by atoms with Crippen LogP contribution in [0.15, 0.2) is 46.3 Å². The summed E-state index contributed by atoms with van der Waals surface area (Å²) in [6, 6.07) is 15.3. The molecule has 0 saturated carbocycles. The van der Waals surface area contributed by atoms with Crippen molar-refractivity contribution in [1.82, 2.24) is 0 Å². The molecule has 5 heteroatoms. The highest BCUT2D eigenvalue weighted by Crippen LogP contribution is 2.51. The summed E-state index contributed by atoms with van der Waals surface area (Å²) in [5.41, 5.74) is 1.32. The van der Waals surface area contributed by atoms with E-state index < -0.39 is 0 Å². The molecule has 5 rings (SSSR count). The standard InChI is InChI=1S/C16H7BrS4/c17-12-7-10-14-13(21-16(10)19-12)9-6-11(18-15(9)20-14)8-4-2-1-3-5-8/h1-7H. The first-order valence-electron chi connectivity index (χ1n) is 6.39. The lowest BCUT2D eigenvalue weighted by atomic mass is 10.2. The van der Waals surface area contributed by atoms with Crippen molar-refractivity contribution in [3.8, 4) is 10.4 Å². The van der Waals surface area contributed by atoms with Crippen LogP contribution < -0.4 is 0 Å². The third kappa shape index (κ3) is 1.88. The molecule has 0 saturated heterocycles. The van der Waals surface area contributed by atoms with Crippen LogP contribution in [0.5, 0.6) is 0 Å². The number of hydrogen-bond donors (Lipinski definition) is 0. The minimum atomic E-state index is 1.23. The van der Waals surface area contributed by atoms with Gasteiger partial charge in [-0.3, -0.25) is 0 Å². The third-order valence-corrected chi connectivity index (χ3v) is 9.12. The Labute approximate surface area is 145 Å². The minimum Gasteiger partial charge on any atom is -0.124 e. The Bertz CT molecular complexity index is 1090. The predicted octanol–water partition coefficient (Wildman–Crippen LogP) is 7.82. The molecule has 0 aliphatic rings. The Balaban J connectivity index is 1.81. The highest BCUT2D eigenvalue weighted by atomic mass is 79.9. The Kier molecular flexibility index (Phi) is 2.82. The Morgan fingerprint density at radius 2 is 1.38 bits per heavy atom. The molecule has 4 aromatic heterocycles. The molecule has 102 valence electrons. The summed E-state index contributed by atoms with van der Waals surface area (Å²) < 4.78 is 7.02. The van der Waals surface area contributed by atoms with E-state index in [0.29, 0.717) is 0 Å². The lowest BCUT2D eigenvalue weighted by Crippen LogP contribution is -1.67. The van der Waals surface area contributed by atoms with Crippen molar-refractivity contribution in [1.29, 1.82) is 0 Å². The van der Waals surface area contributed by atoms with Crippen LogP contribution >= 0.6 is 61.3 Å². The van der Waals surface area contributed by atoms with Crippen molar-refractivity contribution in [2.24, 2.45) is 0 Å². The van der Waals surface area contributed by atoms with Gasteiger partial charge in [-0.25, -0.2) is 0 Å². The Morgan fingerprint density at radius 1 is 0.714 bits per heavy atom. The fourth-order valence-electron chi connectivity index (χ4n) is 2.57. The van der Waals surface area contributed by atoms with Gasteiger partial charge in [-0.15, -0.1) is 45.3 Å². The zero-order valence-corrected chi connectivity index (χ0v) is 15.4. The number of thiophene rings is 4. The van der Waals surface area contributed by atoms with Gasteiger partial charge >= 0.3 is 0 Å². The van der Waals surface area contributed by atoms with Crippen molar-refractivity contribution >= 4 is 89.5 Å². The van der Waals surface area contributed by atoms with Crippen LogP contribution in [0.3, 0.4) is 0 Å². The zero-order chi connectivity index (χ0) is 14.0. The van der Waals surface area contributed by atoms with E-state index in [4.69, 9.17) is 0 Å². The van der Waals surface area contributed by atoms with E-state index >= 15 is 0 Å². The van der Waals surface area contributed by atoms with Crippen molar-refractivity contribution in [3.05, 3.63) is 46.3 Å². The highest BCUT2D eigenvalue weighted by molar-refractivity contribution is 9.11. The molecular formula is C16H7BrS4. The van der Waals surface area contributed by atoms with E-state index in [0.717, 1.165) is 0 Å². The average molecular weight is 407 g/mol. The second-order valence-electron chi connectivity index (χ2n) is 4.79. The first-order valence-corrected chi connectivity index (χ1v) is 10.4. The number of hydrogen-bond acceptors (Lipinski definition) is 4. The summed E-state index contributed by atoms with van der Waals surface area (Å²) >= 11 is 11.2. The molecule has 1 aromatic carbocycles. The quantitative estimate of drug-likeness (QED) is 0.266. The molecule has 0 unspecified atom stereocenters. The second-order valence-corrected chi connectivity index (χ2v) is 10.8. The molecule has 0 spiro atoms. The topological polar surface area (TPSA) is 0 Å². The molecule has 0 atom stereocenters. The summed E-state index contributed by atoms with van der Waals surface area (Å²) in [6.45, 7) is 0. The maximum absolute atomic E-state index is 3.60. The maximum Gasteiger partial charge on any atom is 0.0898 e. The average Bonchev–Trinajstić information content (AvgIpc) is 3.18. The van der Waals surface area contributed by atoms with Crippen LogP contribution in [0.25, 0.3) is 38.6 Å². The molecule has 0 aliphatic heterocycles. The molecule has 4 heterocycles. The summed E-state index contributed by atoms with van der Waals surface area (Å²) in [6.07, 6.45) is 0. The maximum atomic E-state index is 3.60. The van der Waals surface area contributed by atoms with E-state index in [1.54, 1.807) is 0 Å². The van der Waals surface area contributed by atoms with Crippen LogP contribution in [-0.2, 0) is 0 Å². The van der Waals surface area contributed by atoms with Gasteiger partial charge in [0.25, 0.3) is 0 Å². The van der Waals surface area contributed by atoms with Gasteiger partial charge in [-0.2, -0.15) is 0 Å². The predicted molar refractivity (Wildman–Crippen MR) is 104 cm³/mol. The van der Waals surface area contributed by atoms with E-state index in [9.17, 15) is 0 Å². The molecule has 0 bridgehead atoms. The van der Waals surface area contributed by atoms with Gasteiger partial charge in [0.15, 0.2) is 0 Å². The lowest BCUT2D eigenvalue weighted by molar-refractivity contribution is 1.70. The Morgan fingerprint density at radius 3 is 2.14 bits per heavy atom. The highest BCUT2D eigenvalue weighted by Gasteiger charge is 2.16. The largest absolute Gasteiger partial charge is 0.124 e. The van der Waals surface area contributed by atoms with Gasteiger partial charge in [-0.1, -0.05) is 30.3 Å². The first kappa shape index (κ1) is 12.8. The van der Waals surface area contributed by atoms with E-state index in [1.165, 1.54) is 42.4 Å². The SMILES string of the molecule is Brc1cc2c(s1)sc1c3cc(-c4ccccc4)sc3sc21. The molecule has 0 N–H and O–H groups in total. The van der Waals surface area contributed by atoms with Crippen LogP contribution in [0.4, 0.5) is 0 Å². The molecule has 0 amide bonds. The number of benzene rings is 1. The molecule has 0 nitrogen and oxygen atoms in total. The summed E-state index contributed by atoms with van der Waals surface area (Å²) in [4.78, 5) is 1.37. The van der Waals surface area contributed by atoms with Crippen molar-refractivity contribution in [2.75, 3.05) is 0 Å². The van der Waals surface area contributed by atoms with Crippen molar-refractivity contribution < 1.29 is 0 Å². The minimum absolute atomic E-state index is 1.23. The smallest absolute Gasteiger partial charge is 0.0898 e. The third-order valence-electron chi connectivity index (χ3n) is 3.51. The zero-order valence-electron chi connectivity index (χ0n) is 10.6. The van der Waals surface area contributed by atoms with Crippen molar-refractivity contribution in [3.63, 3.8) is 0 Å². The molecule has 5 aromatic rings. The number of rotatable bonds is 1. The van der Waals surface area contributed by atoms with Gasteiger partial charge in [0.2, 0.25) is 0 Å². The van der Waals surface area contributed by atoms with Gasteiger partial charge in [0.1, 0.15) is 0 Å². The number of fused-ring (bicyclic) bond motifs is 5. The molecular weight excluding hydrogens is 400 g/mol. The summed E-state index contributed by atoms with van der Waals surface area (Å²) in [5, 5.41) is 2.85. The summed E-state index contributed by atoms with van der Waals surface area (Å²) in [7, 11) is 0.